The quantitative estimate of drug-likeness (QED) is 0.162. The highest BCUT2D eigenvalue weighted by atomic mass is 16.5. The SMILES string of the molecule is C=CCOc1ccc([C@@H]2/C(=C(\O)c3ccc4c(c3)C[C@H](C)O4)C(=O)C(=O)N2CCCn2ccnc2)cc1OCC. The number of nitrogens with zero attached hydrogens (tertiary/aromatic N) is 3. The second kappa shape index (κ2) is 11.7. The minimum atomic E-state index is -0.807. The lowest BCUT2D eigenvalue weighted by molar-refractivity contribution is -0.139. The zero-order valence-corrected chi connectivity index (χ0v) is 22.7. The fourth-order valence-electron chi connectivity index (χ4n) is 5.26. The first-order chi connectivity index (χ1) is 19.4. The Morgan fingerprint density at radius 3 is 2.77 bits per heavy atom. The molecule has 3 heterocycles. The number of aryl methyl sites for hydroxylation is 1. The van der Waals surface area contributed by atoms with Gasteiger partial charge in [-0.25, -0.2) is 4.98 Å². The average molecular weight is 544 g/mol. The van der Waals surface area contributed by atoms with Gasteiger partial charge in [-0.1, -0.05) is 18.7 Å². The van der Waals surface area contributed by atoms with Crippen molar-refractivity contribution >= 4 is 17.4 Å². The number of benzene rings is 2. The standard InChI is InChI=1S/C31H33N3O6/c1-4-15-39-25-10-7-21(18-26(25)38-5-2)28-27(29(35)22-8-9-24-23(17-22)16-20(3)40-24)30(36)31(37)34(28)13-6-12-33-14-11-32-19-33/h4,7-11,14,17-20,28,35H,1,5-6,12-13,15-16H2,2-3H3/b29-27+/t20-,28+/m0/s1. The molecule has 0 radical (unpaired) electrons. The number of ketones is 1. The molecule has 0 saturated carbocycles. The number of Topliss-reactive ketones (excluding diaryl/α,β-unsaturated/α-hetero) is 1. The number of imidazole rings is 1. The summed E-state index contributed by atoms with van der Waals surface area (Å²) in [6.07, 6.45) is 8.22. The molecule has 2 aliphatic heterocycles. The van der Waals surface area contributed by atoms with Crippen molar-refractivity contribution in [1.82, 2.24) is 14.5 Å². The first kappa shape index (κ1) is 27.1. The number of hydrogen-bond donors (Lipinski definition) is 1. The van der Waals surface area contributed by atoms with E-state index in [1.165, 1.54) is 4.90 Å². The average Bonchev–Trinajstić information content (AvgIpc) is 3.66. The van der Waals surface area contributed by atoms with Gasteiger partial charge in [-0.3, -0.25) is 9.59 Å². The summed E-state index contributed by atoms with van der Waals surface area (Å²) >= 11 is 0. The molecule has 1 fully saturated rings. The van der Waals surface area contributed by atoms with Crippen LogP contribution in [0.15, 0.2) is 73.3 Å². The summed E-state index contributed by atoms with van der Waals surface area (Å²) in [6.45, 7) is 9.16. The summed E-state index contributed by atoms with van der Waals surface area (Å²) in [4.78, 5) is 32.5. The normalized spacial score (nSPS) is 19.4. The smallest absolute Gasteiger partial charge is 0.295 e. The molecule has 0 unspecified atom stereocenters. The summed E-state index contributed by atoms with van der Waals surface area (Å²) in [5.74, 6) is 0.176. The second-order valence-electron chi connectivity index (χ2n) is 9.84. The van der Waals surface area contributed by atoms with E-state index in [1.807, 2.05) is 30.7 Å². The topological polar surface area (TPSA) is 103 Å². The van der Waals surface area contributed by atoms with Crippen molar-refractivity contribution in [3.63, 3.8) is 0 Å². The predicted octanol–water partition coefficient (Wildman–Crippen LogP) is 4.68. The Hall–Kier alpha value is -4.53. The minimum Gasteiger partial charge on any atom is -0.507 e. The molecule has 0 bridgehead atoms. The van der Waals surface area contributed by atoms with Crippen LogP contribution in [0.1, 0.15) is 43.0 Å². The van der Waals surface area contributed by atoms with Gasteiger partial charge < -0.3 is 28.8 Å². The van der Waals surface area contributed by atoms with E-state index in [4.69, 9.17) is 14.2 Å². The molecule has 0 aliphatic carbocycles. The molecule has 5 rings (SSSR count). The van der Waals surface area contributed by atoms with Crippen molar-refractivity contribution in [2.75, 3.05) is 19.8 Å². The number of likely N-dealkylation sites (tertiary alicyclic amines) is 1. The van der Waals surface area contributed by atoms with Crippen molar-refractivity contribution in [2.24, 2.45) is 0 Å². The van der Waals surface area contributed by atoms with Crippen LogP contribution < -0.4 is 14.2 Å². The summed E-state index contributed by atoms with van der Waals surface area (Å²) in [6, 6.07) is 9.85. The first-order valence-corrected chi connectivity index (χ1v) is 13.5. The van der Waals surface area contributed by atoms with Crippen molar-refractivity contribution in [3.8, 4) is 17.2 Å². The largest absolute Gasteiger partial charge is 0.507 e. The van der Waals surface area contributed by atoms with E-state index in [0.717, 1.165) is 11.3 Å². The third-order valence-corrected chi connectivity index (χ3v) is 7.02. The number of carbonyl (C=O) groups excluding carboxylic acids is 2. The van der Waals surface area contributed by atoms with Crippen LogP contribution in [0.4, 0.5) is 0 Å². The Kier molecular flexibility index (Phi) is 7.91. The third kappa shape index (κ3) is 5.32. The van der Waals surface area contributed by atoms with Crippen LogP contribution in [0.3, 0.4) is 0 Å². The minimum absolute atomic E-state index is 0.0345. The molecule has 1 amide bonds. The summed E-state index contributed by atoms with van der Waals surface area (Å²) in [7, 11) is 0. The zero-order chi connectivity index (χ0) is 28.2. The Labute approximate surface area is 233 Å². The van der Waals surface area contributed by atoms with Gasteiger partial charge in [0.25, 0.3) is 11.7 Å². The molecular formula is C31H33N3O6. The fourth-order valence-corrected chi connectivity index (χ4v) is 5.26. The summed E-state index contributed by atoms with van der Waals surface area (Å²) in [5, 5.41) is 11.5. The molecule has 40 heavy (non-hydrogen) atoms. The van der Waals surface area contributed by atoms with Crippen molar-refractivity contribution in [2.45, 2.75) is 45.4 Å². The number of aromatic nitrogens is 2. The third-order valence-electron chi connectivity index (χ3n) is 7.02. The van der Waals surface area contributed by atoms with Gasteiger partial charge in [0.05, 0.1) is 24.5 Å². The lowest BCUT2D eigenvalue weighted by Gasteiger charge is -2.26. The molecule has 9 nitrogen and oxygen atoms in total. The van der Waals surface area contributed by atoms with E-state index in [1.54, 1.807) is 48.9 Å². The van der Waals surface area contributed by atoms with Crippen LogP contribution in [-0.2, 0) is 22.6 Å². The number of fused-ring (bicyclic) bond motifs is 1. The van der Waals surface area contributed by atoms with E-state index >= 15 is 0 Å². The first-order valence-electron chi connectivity index (χ1n) is 13.5. The van der Waals surface area contributed by atoms with Crippen LogP contribution in [0.2, 0.25) is 0 Å². The van der Waals surface area contributed by atoms with Crippen molar-refractivity contribution in [1.29, 1.82) is 0 Å². The number of carbonyl (C=O) groups is 2. The lowest BCUT2D eigenvalue weighted by atomic mass is 9.94. The second-order valence-corrected chi connectivity index (χ2v) is 9.84. The Morgan fingerprint density at radius 1 is 1.18 bits per heavy atom. The van der Waals surface area contributed by atoms with Crippen LogP contribution in [0, 0.1) is 0 Å². The van der Waals surface area contributed by atoms with Gasteiger partial charge in [0.2, 0.25) is 0 Å². The Bertz CT molecular complexity index is 1450. The van der Waals surface area contributed by atoms with Gasteiger partial charge in [-0.2, -0.15) is 0 Å². The number of rotatable bonds is 11. The van der Waals surface area contributed by atoms with Gasteiger partial charge in [-0.05, 0) is 61.7 Å². The molecule has 3 aromatic rings. The molecular weight excluding hydrogens is 510 g/mol. The van der Waals surface area contributed by atoms with Crippen LogP contribution in [0.5, 0.6) is 17.2 Å². The van der Waals surface area contributed by atoms with E-state index in [2.05, 4.69) is 11.6 Å². The Balaban J connectivity index is 1.56. The van der Waals surface area contributed by atoms with E-state index < -0.39 is 17.7 Å². The highest BCUT2D eigenvalue weighted by Gasteiger charge is 2.46. The monoisotopic (exact) mass is 543 g/mol. The molecule has 1 aromatic heterocycles. The predicted molar refractivity (Wildman–Crippen MR) is 149 cm³/mol. The van der Waals surface area contributed by atoms with Gasteiger partial charge >= 0.3 is 0 Å². The highest BCUT2D eigenvalue weighted by molar-refractivity contribution is 6.46. The van der Waals surface area contributed by atoms with Gasteiger partial charge in [0, 0.05) is 37.5 Å². The molecule has 1 saturated heterocycles. The number of ether oxygens (including phenoxy) is 3. The maximum Gasteiger partial charge on any atom is 0.295 e. The van der Waals surface area contributed by atoms with Crippen LogP contribution in [0.25, 0.3) is 5.76 Å². The van der Waals surface area contributed by atoms with Gasteiger partial charge in [0.15, 0.2) is 11.5 Å². The molecule has 208 valence electrons. The van der Waals surface area contributed by atoms with Gasteiger partial charge in [-0.15, -0.1) is 0 Å². The van der Waals surface area contributed by atoms with Crippen molar-refractivity contribution < 1.29 is 28.9 Å². The lowest BCUT2D eigenvalue weighted by Crippen LogP contribution is -2.31. The highest BCUT2D eigenvalue weighted by Crippen LogP contribution is 2.43. The molecule has 0 spiro atoms. The summed E-state index contributed by atoms with van der Waals surface area (Å²) < 4.78 is 19.3. The van der Waals surface area contributed by atoms with Gasteiger partial charge in [0.1, 0.15) is 24.2 Å². The fraction of sp³-hybridized carbons (Fsp3) is 0.323. The molecule has 9 heteroatoms. The number of amides is 1. The maximum atomic E-state index is 13.5. The summed E-state index contributed by atoms with van der Waals surface area (Å²) in [5.41, 5.74) is 2.09. The molecule has 2 atom stereocenters. The zero-order valence-electron chi connectivity index (χ0n) is 22.7. The Morgan fingerprint density at radius 2 is 2.02 bits per heavy atom. The van der Waals surface area contributed by atoms with E-state index in [0.29, 0.717) is 61.8 Å². The van der Waals surface area contributed by atoms with Crippen LogP contribution >= 0.6 is 0 Å². The van der Waals surface area contributed by atoms with E-state index in [9.17, 15) is 14.7 Å². The molecule has 2 aliphatic rings. The number of aliphatic hydroxyl groups excluding tert-OH is 1. The number of aliphatic hydroxyl groups is 1. The van der Waals surface area contributed by atoms with E-state index in [-0.39, 0.29) is 17.4 Å². The molecule has 1 N–H and O–H groups in total. The van der Waals surface area contributed by atoms with Crippen molar-refractivity contribution in [3.05, 3.63) is 90.0 Å². The molecule has 2 aromatic carbocycles. The number of hydrogen-bond acceptors (Lipinski definition) is 7. The maximum absolute atomic E-state index is 13.5. The van der Waals surface area contributed by atoms with Crippen LogP contribution in [-0.4, -0.2) is 57.1 Å².